The molecule has 4 nitrogen and oxygen atoms in total. The zero-order valence-electron chi connectivity index (χ0n) is 10.6. The molecule has 1 fully saturated rings. The fraction of sp³-hybridized carbons (Fsp3) is 0.385. The first kappa shape index (κ1) is 12.9. The van der Waals surface area contributed by atoms with Gasteiger partial charge in [0.15, 0.2) is 0 Å². The van der Waals surface area contributed by atoms with Gasteiger partial charge >= 0.3 is 0 Å². The summed E-state index contributed by atoms with van der Waals surface area (Å²) in [6.07, 6.45) is 2.45. The molecule has 19 heavy (non-hydrogen) atoms. The number of aryl methyl sites for hydroxylation is 1. The molecule has 1 saturated heterocycles. The average Bonchev–Trinajstić information content (AvgIpc) is 3.10. The van der Waals surface area contributed by atoms with Crippen LogP contribution < -0.4 is 0 Å². The van der Waals surface area contributed by atoms with E-state index in [0.29, 0.717) is 17.3 Å². The third-order valence-electron chi connectivity index (χ3n) is 3.41. The van der Waals surface area contributed by atoms with Crippen molar-refractivity contribution in [3.05, 3.63) is 41.2 Å². The third-order valence-corrected chi connectivity index (χ3v) is 6.74. The summed E-state index contributed by atoms with van der Waals surface area (Å²) in [5, 5.41) is 0. The summed E-state index contributed by atoms with van der Waals surface area (Å²) < 4.78 is 32.3. The van der Waals surface area contributed by atoms with E-state index in [1.54, 1.807) is 16.6 Å². The molecule has 2 aromatic rings. The van der Waals surface area contributed by atoms with E-state index in [-0.39, 0.29) is 5.92 Å². The van der Waals surface area contributed by atoms with E-state index in [0.717, 1.165) is 17.1 Å². The van der Waals surface area contributed by atoms with Crippen LogP contribution >= 0.6 is 11.3 Å². The minimum absolute atomic E-state index is 0.172. The van der Waals surface area contributed by atoms with E-state index < -0.39 is 10.0 Å². The minimum atomic E-state index is -3.33. The fourth-order valence-corrected chi connectivity index (χ4v) is 5.32. The zero-order valence-corrected chi connectivity index (χ0v) is 12.2. The maximum Gasteiger partial charge on any atom is 0.252 e. The van der Waals surface area contributed by atoms with E-state index in [1.807, 2.05) is 25.1 Å². The van der Waals surface area contributed by atoms with Crippen molar-refractivity contribution in [3.8, 4) is 0 Å². The van der Waals surface area contributed by atoms with Crippen LogP contribution in [0.15, 0.2) is 39.2 Å². The van der Waals surface area contributed by atoms with E-state index in [9.17, 15) is 8.42 Å². The lowest BCUT2D eigenvalue weighted by atomic mass is 10.1. The Morgan fingerprint density at radius 3 is 2.84 bits per heavy atom. The highest BCUT2D eigenvalue weighted by Crippen LogP contribution is 2.33. The van der Waals surface area contributed by atoms with Gasteiger partial charge in [-0.2, -0.15) is 4.31 Å². The van der Waals surface area contributed by atoms with Crippen molar-refractivity contribution in [2.75, 3.05) is 13.1 Å². The van der Waals surface area contributed by atoms with Gasteiger partial charge in [0.05, 0.1) is 6.26 Å². The summed E-state index contributed by atoms with van der Waals surface area (Å²) in [6, 6.07) is 7.29. The lowest BCUT2D eigenvalue weighted by molar-refractivity contribution is 0.446. The van der Waals surface area contributed by atoms with Crippen LogP contribution in [0.1, 0.15) is 23.0 Å². The lowest BCUT2D eigenvalue weighted by Gasteiger charge is -2.14. The zero-order chi connectivity index (χ0) is 13.5. The molecule has 6 heteroatoms. The van der Waals surface area contributed by atoms with Gasteiger partial charge in [-0.1, -0.05) is 0 Å². The van der Waals surface area contributed by atoms with Crippen molar-refractivity contribution in [1.82, 2.24) is 4.31 Å². The third kappa shape index (κ3) is 2.35. The summed E-state index contributed by atoms with van der Waals surface area (Å²) in [6.45, 7) is 2.98. The molecule has 1 aliphatic rings. The molecule has 0 radical (unpaired) electrons. The van der Waals surface area contributed by atoms with Crippen LogP contribution in [-0.2, 0) is 10.0 Å². The molecule has 1 atom stereocenters. The minimum Gasteiger partial charge on any atom is -0.469 e. The molecule has 1 unspecified atom stereocenters. The van der Waals surface area contributed by atoms with E-state index >= 15 is 0 Å². The Morgan fingerprint density at radius 1 is 1.37 bits per heavy atom. The number of rotatable bonds is 3. The highest BCUT2D eigenvalue weighted by atomic mass is 32.2. The van der Waals surface area contributed by atoms with Gasteiger partial charge in [0, 0.05) is 23.9 Å². The highest BCUT2D eigenvalue weighted by molar-refractivity contribution is 7.91. The normalized spacial score (nSPS) is 21.0. The van der Waals surface area contributed by atoms with Crippen LogP contribution in [0.25, 0.3) is 0 Å². The van der Waals surface area contributed by atoms with Gasteiger partial charge in [-0.15, -0.1) is 11.3 Å². The van der Waals surface area contributed by atoms with E-state index in [4.69, 9.17) is 4.42 Å². The molecule has 0 N–H and O–H groups in total. The van der Waals surface area contributed by atoms with Crippen LogP contribution in [0.3, 0.4) is 0 Å². The number of nitrogens with zero attached hydrogens (tertiary/aromatic N) is 1. The monoisotopic (exact) mass is 297 g/mol. The summed E-state index contributed by atoms with van der Waals surface area (Å²) in [4.78, 5) is 1.01. The number of hydrogen-bond acceptors (Lipinski definition) is 4. The van der Waals surface area contributed by atoms with E-state index in [1.165, 1.54) is 11.3 Å². The number of sulfonamides is 1. The predicted octanol–water partition coefficient (Wildman–Crippen LogP) is 2.83. The average molecular weight is 297 g/mol. The summed E-state index contributed by atoms with van der Waals surface area (Å²) >= 11 is 1.33. The van der Waals surface area contributed by atoms with Crippen LogP contribution in [0.5, 0.6) is 0 Å². The van der Waals surface area contributed by atoms with Crippen LogP contribution in [-0.4, -0.2) is 25.8 Å². The topological polar surface area (TPSA) is 50.5 Å². The Balaban J connectivity index is 1.81. The molecular weight excluding hydrogens is 282 g/mol. The van der Waals surface area contributed by atoms with Crippen LogP contribution in [0.2, 0.25) is 0 Å². The first-order valence-electron chi connectivity index (χ1n) is 6.17. The Labute approximate surface area is 116 Å². The Kier molecular flexibility index (Phi) is 3.24. The molecule has 3 heterocycles. The second-order valence-electron chi connectivity index (χ2n) is 4.73. The van der Waals surface area contributed by atoms with Crippen molar-refractivity contribution >= 4 is 21.4 Å². The second kappa shape index (κ2) is 4.77. The SMILES string of the molecule is Cc1ccc(S(=O)(=O)N2CCC(c3ccco3)C2)s1. The van der Waals surface area contributed by atoms with E-state index in [2.05, 4.69) is 0 Å². The fourth-order valence-electron chi connectivity index (χ4n) is 2.38. The van der Waals surface area contributed by atoms with Gasteiger partial charge in [0.25, 0.3) is 10.0 Å². The molecule has 102 valence electrons. The van der Waals surface area contributed by atoms with Gasteiger partial charge in [-0.25, -0.2) is 8.42 Å². The van der Waals surface area contributed by atoms with Crippen molar-refractivity contribution in [3.63, 3.8) is 0 Å². The number of hydrogen-bond donors (Lipinski definition) is 0. The van der Waals surface area contributed by atoms with Crippen molar-refractivity contribution < 1.29 is 12.8 Å². The summed E-state index contributed by atoms with van der Waals surface area (Å²) in [5.41, 5.74) is 0. The molecule has 0 spiro atoms. The molecular formula is C13H15NO3S2. The van der Waals surface area contributed by atoms with Crippen molar-refractivity contribution in [2.45, 2.75) is 23.5 Å². The van der Waals surface area contributed by atoms with Gasteiger partial charge < -0.3 is 4.42 Å². The molecule has 3 rings (SSSR count). The quantitative estimate of drug-likeness (QED) is 0.875. The van der Waals surface area contributed by atoms with Gasteiger partial charge in [0.2, 0.25) is 0 Å². The number of thiophene rings is 1. The standard InChI is InChI=1S/C13H15NO3S2/c1-10-4-5-13(18-10)19(15,16)14-7-6-11(9-14)12-3-2-8-17-12/h2-5,8,11H,6-7,9H2,1H3. The highest BCUT2D eigenvalue weighted by Gasteiger charge is 2.34. The van der Waals surface area contributed by atoms with Gasteiger partial charge in [0.1, 0.15) is 9.97 Å². The van der Waals surface area contributed by atoms with Crippen molar-refractivity contribution in [2.24, 2.45) is 0 Å². The molecule has 0 aromatic carbocycles. The van der Waals surface area contributed by atoms with Crippen LogP contribution in [0.4, 0.5) is 0 Å². The molecule has 0 amide bonds. The molecule has 0 bridgehead atoms. The number of furan rings is 1. The largest absolute Gasteiger partial charge is 0.469 e. The molecule has 2 aromatic heterocycles. The molecule has 0 saturated carbocycles. The first-order valence-corrected chi connectivity index (χ1v) is 8.43. The Bertz CT molecular complexity index is 658. The van der Waals surface area contributed by atoms with Crippen LogP contribution in [0, 0.1) is 6.92 Å². The lowest BCUT2D eigenvalue weighted by Crippen LogP contribution is -2.28. The van der Waals surface area contributed by atoms with Gasteiger partial charge in [-0.3, -0.25) is 0 Å². The maximum absolute atomic E-state index is 12.5. The first-order chi connectivity index (χ1) is 9.07. The molecule has 1 aliphatic heterocycles. The smallest absolute Gasteiger partial charge is 0.252 e. The van der Waals surface area contributed by atoms with Gasteiger partial charge in [-0.05, 0) is 37.6 Å². The predicted molar refractivity (Wildman–Crippen MR) is 73.9 cm³/mol. The molecule has 0 aliphatic carbocycles. The Morgan fingerprint density at radius 2 is 2.21 bits per heavy atom. The maximum atomic E-state index is 12.5. The van der Waals surface area contributed by atoms with Crippen molar-refractivity contribution in [1.29, 1.82) is 0 Å². The summed E-state index contributed by atoms with van der Waals surface area (Å²) in [5.74, 6) is 1.05. The Hall–Kier alpha value is -1.11. The second-order valence-corrected chi connectivity index (χ2v) is 8.18. The summed E-state index contributed by atoms with van der Waals surface area (Å²) in [7, 11) is -3.33.